The van der Waals surface area contributed by atoms with Gasteiger partial charge in [0.1, 0.15) is 0 Å². The maximum absolute atomic E-state index is 3.85. The second-order valence-corrected chi connectivity index (χ2v) is 4.54. The highest BCUT2D eigenvalue weighted by atomic mass is 14.2. The summed E-state index contributed by atoms with van der Waals surface area (Å²) in [6, 6.07) is 0. The summed E-state index contributed by atoms with van der Waals surface area (Å²) in [7, 11) is 0. The fourth-order valence-electron chi connectivity index (χ4n) is 1.68. The molecule has 78 valence electrons. The van der Waals surface area contributed by atoms with Crippen LogP contribution in [0, 0.1) is 17.8 Å². The third kappa shape index (κ3) is 5.90. The molecule has 0 aromatic heterocycles. The summed E-state index contributed by atoms with van der Waals surface area (Å²) in [6.45, 7) is 13.1. The van der Waals surface area contributed by atoms with E-state index in [2.05, 4.69) is 40.3 Å². The Hall–Kier alpha value is -0.260. The average Bonchev–Trinajstić information content (AvgIpc) is 2.13. The van der Waals surface area contributed by atoms with Gasteiger partial charge in [-0.2, -0.15) is 0 Å². The van der Waals surface area contributed by atoms with Gasteiger partial charge in [0.2, 0.25) is 0 Å². The molecule has 13 heavy (non-hydrogen) atoms. The SMILES string of the molecule is C=CC(C)C(C)CCC(C)CCC. The highest BCUT2D eigenvalue weighted by Crippen LogP contribution is 2.22. The minimum absolute atomic E-state index is 0.675. The lowest BCUT2D eigenvalue weighted by atomic mass is 9.88. The first-order chi connectivity index (χ1) is 6.11. The predicted octanol–water partition coefficient (Wildman–Crippen LogP) is 4.66. The molecule has 0 aliphatic carbocycles. The molecule has 0 saturated carbocycles. The van der Waals surface area contributed by atoms with Gasteiger partial charge in [-0.1, -0.05) is 53.0 Å². The fraction of sp³-hybridized carbons (Fsp3) is 0.846. The van der Waals surface area contributed by atoms with Crippen molar-refractivity contribution >= 4 is 0 Å². The van der Waals surface area contributed by atoms with E-state index in [1.807, 2.05) is 0 Å². The van der Waals surface area contributed by atoms with Crippen molar-refractivity contribution in [3.8, 4) is 0 Å². The lowest BCUT2D eigenvalue weighted by Crippen LogP contribution is -2.07. The summed E-state index contributed by atoms with van der Waals surface area (Å²) in [6.07, 6.45) is 7.53. The Bertz CT molecular complexity index is 126. The Balaban J connectivity index is 3.56. The Labute approximate surface area is 84.4 Å². The van der Waals surface area contributed by atoms with Crippen molar-refractivity contribution in [2.24, 2.45) is 17.8 Å². The second-order valence-electron chi connectivity index (χ2n) is 4.54. The first kappa shape index (κ1) is 12.7. The second kappa shape index (κ2) is 7.17. The minimum Gasteiger partial charge on any atom is -0.103 e. The van der Waals surface area contributed by atoms with Gasteiger partial charge in [-0.3, -0.25) is 0 Å². The molecule has 0 aromatic rings. The molecule has 0 radical (unpaired) electrons. The van der Waals surface area contributed by atoms with E-state index < -0.39 is 0 Å². The third-order valence-corrected chi connectivity index (χ3v) is 3.17. The Kier molecular flexibility index (Phi) is 7.03. The molecule has 3 unspecified atom stereocenters. The van der Waals surface area contributed by atoms with E-state index in [0.29, 0.717) is 5.92 Å². The van der Waals surface area contributed by atoms with Crippen molar-refractivity contribution in [1.82, 2.24) is 0 Å². The van der Waals surface area contributed by atoms with E-state index in [0.717, 1.165) is 11.8 Å². The van der Waals surface area contributed by atoms with Gasteiger partial charge in [0, 0.05) is 0 Å². The third-order valence-electron chi connectivity index (χ3n) is 3.17. The number of rotatable bonds is 7. The molecule has 0 N–H and O–H groups in total. The molecule has 0 aliphatic heterocycles. The fourth-order valence-corrected chi connectivity index (χ4v) is 1.68. The van der Waals surface area contributed by atoms with E-state index in [4.69, 9.17) is 0 Å². The lowest BCUT2D eigenvalue weighted by molar-refractivity contribution is 0.364. The molecule has 0 bridgehead atoms. The molecule has 0 nitrogen and oxygen atoms in total. The van der Waals surface area contributed by atoms with Crippen molar-refractivity contribution in [2.75, 3.05) is 0 Å². The van der Waals surface area contributed by atoms with E-state index in [9.17, 15) is 0 Å². The average molecular weight is 182 g/mol. The van der Waals surface area contributed by atoms with Crippen LogP contribution in [0.4, 0.5) is 0 Å². The van der Waals surface area contributed by atoms with Crippen molar-refractivity contribution < 1.29 is 0 Å². The Morgan fingerprint density at radius 2 is 1.69 bits per heavy atom. The smallest absolute Gasteiger partial charge is 0.0239 e. The van der Waals surface area contributed by atoms with Crippen LogP contribution in [-0.4, -0.2) is 0 Å². The van der Waals surface area contributed by atoms with Crippen molar-refractivity contribution in [3.63, 3.8) is 0 Å². The van der Waals surface area contributed by atoms with Crippen LogP contribution in [0.25, 0.3) is 0 Å². The first-order valence-corrected chi connectivity index (χ1v) is 5.74. The summed E-state index contributed by atoms with van der Waals surface area (Å²) >= 11 is 0. The number of hydrogen-bond donors (Lipinski definition) is 0. The quantitative estimate of drug-likeness (QED) is 0.502. The maximum atomic E-state index is 3.85. The van der Waals surface area contributed by atoms with Gasteiger partial charge in [-0.15, -0.1) is 6.58 Å². The molecule has 0 amide bonds. The zero-order chi connectivity index (χ0) is 10.3. The molecule has 0 saturated heterocycles. The van der Waals surface area contributed by atoms with Crippen LogP contribution in [0.5, 0.6) is 0 Å². The highest BCUT2D eigenvalue weighted by Gasteiger charge is 2.10. The minimum atomic E-state index is 0.675. The lowest BCUT2D eigenvalue weighted by Gasteiger charge is -2.18. The van der Waals surface area contributed by atoms with E-state index in [1.54, 1.807) is 0 Å². The van der Waals surface area contributed by atoms with Gasteiger partial charge in [-0.05, 0) is 24.2 Å². The van der Waals surface area contributed by atoms with Crippen molar-refractivity contribution in [3.05, 3.63) is 12.7 Å². The first-order valence-electron chi connectivity index (χ1n) is 5.74. The summed E-state index contributed by atoms with van der Waals surface area (Å²) in [5, 5.41) is 0. The van der Waals surface area contributed by atoms with Crippen molar-refractivity contribution in [2.45, 2.75) is 53.4 Å². The van der Waals surface area contributed by atoms with Crippen LogP contribution in [0.1, 0.15) is 53.4 Å². The molecule has 3 atom stereocenters. The molecule has 0 aromatic carbocycles. The zero-order valence-electron chi connectivity index (χ0n) is 9.84. The van der Waals surface area contributed by atoms with Crippen LogP contribution in [0.3, 0.4) is 0 Å². The van der Waals surface area contributed by atoms with Gasteiger partial charge in [-0.25, -0.2) is 0 Å². The normalized spacial score (nSPS) is 17.8. The van der Waals surface area contributed by atoms with E-state index >= 15 is 0 Å². The van der Waals surface area contributed by atoms with Crippen LogP contribution in [0.15, 0.2) is 12.7 Å². The Morgan fingerprint density at radius 3 is 2.15 bits per heavy atom. The van der Waals surface area contributed by atoms with Gasteiger partial charge < -0.3 is 0 Å². The highest BCUT2D eigenvalue weighted by molar-refractivity contribution is 4.79. The zero-order valence-corrected chi connectivity index (χ0v) is 9.84. The van der Waals surface area contributed by atoms with Gasteiger partial charge >= 0.3 is 0 Å². The van der Waals surface area contributed by atoms with E-state index in [-0.39, 0.29) is 0 Å². The van der Waals surface area contributed by atoms with Crippen LogP contribution in [0.2, 0.25) is 0 Å². The molecular formula is C13H26. The van der Waals surface area contributed by atoms with Crippen LogP contribution in [-0.2, 0) is 0 Å². The molecule has 0 aliphatic rings. The van der Waals surface area contributed by atoms with Gasteiger partial charge in [0.05, 0.1) is 0 Å². The topological polar surface area (TPSA) is 0 Å². The molecule has 0 fully saturated rings. The standard InChI is InChI=1S/C13H26/c1-6-8-11(3)9-10-13(5)12(4)7-2/h7,11-13H,2,6,8-10H2,1,3-5H3. The molecule has 0 heterocycles. The molecule has 0 heteroatoms. The maximum Gasteiger partial charge on any atom is -0.0239 e. The number of allylic oxidation sites excluding steroid dienone is 1. The van der Waals surface area contributed by atoms with Crippen LogP contribution < -0.4 is 0 Å². The van der Waals surface area contributed by atoms with Gasteiger partial charge in [0.25, 0.3) is 0 Å². The van der Waals surface area contributed by atoms with E-state index in [1.165, 1.54) is 25.7 Å². The van der Waals surface area contributed by atoms with Crippen molar-refractivity contribution in [1.29, 1.82) is 0 Å². The molecule has 0 spiro atoms. The summed E-state index contributed by atoms with van der Waals surface area (Å²) in [4.78, 5) is 0. The monoisotopic (exact) mass is 182 g/mol. The Morgan fingerprint density at radius 1 is 1.08 bits per heavy atom. The summed E-state index contributed by atoms with van der Waals surface area (Å²) in [5.41, 5.74) is 0. The summed E-state index contributed by atoms with van der Waals surface area (Å²) in [5.74, 6) is 2.38. The molecular weight excluding hydrogens is 156 g/mol. The molecule has 0 rings (SSSR count). The van der Waals surface area contributed by atoms with Gasteiger partial charge in [0.15, 0.2) is 0 Å². The predicted molar refractivity (Wildman–Crippen MR) is 61.8 cm³/mol. The number of hydrogen-bond acceptors (Lipinski definition) is 0. The summed E-state index contributed by atoms with van der Waals surface area (Å²) < 4.78 is 0. The largest absolute Gasteiger partial charge is 0.103 e. The van der Waals surface area contributed by atoms with Crippen LogP contribution >= 0.6 is 0 Å².